The van der Waals surface area contributed by atoms with Gasteiger partial charge in [-0.25, -0.2) is 0 Å². The molecule has 0 aliphatic heterocycles. The lowest BCUT2D eigenvalue weighted by atomic mass is 10.1. The Balaban J connectivity index is 2.28. The summed E-state index contributed by atoms with van der Waals surface area (Å²) in [4.78, 5) is 0. The van der Waals surface area contributed by atoms with Crippen LogP contribution in [0.2, 0.25) is 0 Å². The van der Waals surface area contributed by atoms with Crippen LogP contribution in [0.25, 0.3) is 0 Å². The first-order valence-electron chi connectivity index (χ1n) is 6.99. The molecular formula is C17H20BrNO. The molecule has 0 aliphatic carbocycles. The Morgan fingerprint density at radius 3 is 2.50 bits per heavy atom. The van der Waals surface area contributed by atoms with Crippen molar-refractivity contribution in [2.75, 3.05) is 6.54 Å². The van der Waals surface area contributed by atoms with E-state index in [1.165, 1.54) is 5.56 Å². The minimum Gasteiger partial charge on any atom is -0.457 e. The largest absolute Gasteiger partial charge is 0.457 e. The van der Waals surface area contributed by atoms with E-state index < -0.39 is 0 Å². The topological polar surface area (TPSA) is 21.3 Å². The first kappa shape index (κ1) is 15.1. The maximum atomic E-state index is 6.12. The normalized spacial score (nSPS) is 10.6. The van der Waals surface area contributed by atoms with Crippen LogP contribution in [0.5, 0.6) is 11.5 Å². The average molecular weight is 334 g/mol. The van der Waals surface area contributed by atoms with Crippen LogP contribution in [-0.4, -0.2) is 6.54 Å². The van der Waals surface area contributed by atoms with Crippen LogP contribution in [0.1, 0.15) is 25.0 Å². The van der Waals surface area contributed by atoms with E-state index in [1.54, 1.807) is 0 Å². The summed E-state index contributed by atoms with van der Waals surface area (Å²) in [5, 5.41) is 3.35. The third-order valence-corrected chi connectivity index (χ3v) is 3.65. The number of para-hydroxylation sites is 1. The molecule has 0 amide bonds. The molecule has 0 saturated heterocycles. The fraction of sp³-hybridized carbons (Fsp3) is 0.294. The first-order valence-corrected chi connectivity index (χ1v) is 7.78. The van der Waals surface area contributed by atoms with E-state index in [2.05, 4.69) is 47.2 Å². The van der Waals surface area contributed by atoms with Crippen molar-refractivity contribution >= 4 is 15.9 Å². The van der Waals surface area contributed by atoms with Crippen molar-refractivity contribution in [3.63, 3.8) is 0 Å². The van der Waals surface area contributed by atoms with Gasteiger partial charge < -0.3 is 10.1 Å². The molecule has 0 radical (unpaired) electrons. The van der Waals surface area contributed by atoms with Crippen LogP contribution >= 0.6 is 15.9 Å². The van der Waals surface area contributed by atoms with Crippen molar-refractivity contribution in [3.05, 3.63) is 58.1 Å². The fourth-order valence-corrected chi connectivity index (χ4v) is 2.47. The number of aryl methyl sites for hydroxylation is 1. The van der Waals surface area contributed by atoms with Gasteiger partial charge in [0, 0.05) is 16.6 Å². The van der Waals surface area contributed by atoms with Gasteiger partial charge in [-0.15, -0.1) is 0 Å². The maximum Gasteiger partial charge on any atom is 0.132 e. The van der Waals surface area contributed by atoms with Gasteiger partial charge in [-0.05, 0) is 42.8 Å². The van der Waals surface area contributed by atoms with Crippen LogP contribution in [0.3, 0.4) is 0 Å². The summed E-state index contributed by atoms with van der Waals surface area (Å²) < 4.78 is 7.19. The molecule has 0 heterocycles. The molecule has 0 saturated carbocycles. The van der Waals surface area contributed by atoms with E-state index in [0.29, 0.717) is 0 Å². The molecule has 1 N–H and O–H groups in total. The predicted molar refractivity (Wildman–Crippen MR) is 87.4 cm³/mol. The van der Waals surface area contributed by atoms with Crippen LogP contribution in [0, 0.1) is 0 Å². The van der Waals surface area contributed by atoms with E-state index >= 15 is 0 Å². The van der Waals surface area contributed by atoms with Gasteiger partial charge in [-0.1, -0.05) is 48.0 Å². The van der Waals surface area contributed by atoms with E-state index in [4.69, 9.17) is 4.74 Å². The molecule has 0 fully saturated rings. The lowest BCUT2D eigenvalue weighted by Crippen LogP contribution is -2.12. The Morgan fingerprint density at radius 1 is 1.00 bits per heavy atom. The first-order chi connectivity index (χ1) is 9.74. The van der Waals surface area contributed by atoms with Crippen LogP contribution in [0.4, 0.5) is 0 Å². The summed E-state index contributed by atoms with van der Waals surface area (Å²) in [6, 6.07) is 14.3. The lowest BCUT2D eigenvalue weighted by Gasteiger charge is -2.14. The SMILES string of the molecule is CCNCc1cc(Br)ccc1Oc1ccccc1CC. The highest BCUT2D eigenvalue weighted by atomic mass is 79.9. The van der Waals surface area contributed by atoms with Gasteiger partial charge >= 0.3 is 0 Å². The van der Waals surface area contributed by atoms with Gasteiger partial charge in [0.05, 0.1) is 0 Å². The minimum atomic E-state index is 0.805. The molecular weight excluding hydrogens is 314 g/mol. The van der Waals surface area contributed by atoms with Crippen LogP contribution < -0.4 is 10.1 Å². The zero-order valence-corrected chi connectivity index (χ0v) is 13.5. The summed E-state index contributed by atoms with van der Waals surface area (Å²) >= 11 is 3.52. The van der Waals surface area contributed by atoms with E-state index in [9.17, 15) is 0 Å². The molecule has 2 rings (SSSR count). The summed E-state index contributed by atoms with van der Waals surface area (Å²) in [6.45, 7) is 5.99. The summed E-state index contributed by atoms with van der Waals surface area (Å²) in [5.41, 5.74) is 2.39. The Kier molecular flexibility index (Phi) is 5.62. The highest BCUT2D eigenvalue weighted by Gasteiger charge is 2.08. The number of hydrogen-bond acceptors (Lipinski definition) is 2. The van der Waals surface area contributed by atoms with Crippen molar-refractivity contribution in [2.24, 2.45) is 0 Å². The molecule has 3 heteroatoms. The summed E-state index contributed by atoms with van der Waals surface area (Å²) in [5.74, 6) is 1.85. The van der Waals surface area contributed by atoms with Crippen molar-refractivity contribution in [1.82, 2.24) is 5.32 Å². The van der Waals surface area contributed by atoms with Crippen molar-refractivity contribution in [2.45, 2.75) is 26.8 Å². The third-order valence-electron chi connectivity index (χ3n) is 3.16. The van der Waals surface area contributed by atoms with Gasteiger partial charge in [0.1, 0.15) is 11.5 Å². The summed E-state index contributed by atoms with van der Waals surface area (Å²) in [6.07, 6.45) is 0.968. The zero-order chi connectivity index (χ0) is 14.4. The van der Waals surface area contributed by atoms with E-state index in [0.717, 1.165) is 41.0 Å². The third kappa shape index (κ3) is 3.84. The van der Waals surface area contributed by atoms with Gasteiger partial charge in [-0.2, -0.15) is 0 Å². The zero-order valence-electron chi connectivity index (χ0n) is 11.9. The number of halogens is 1. The average Bonchev–Trinajstić information content (AvgIpc) is 2.48. The Hall–Kier alpha value is -1.32. The number of ether oxygens (including phenoxy) is 1. The minimum absolute atomic E-state index is 0.805. The Labute approximate surface area is 129 Å². The maximum absolute atomic E-state index is 6.12. The molecule has 0 atom stereocenters. The Morgan fingerprint density at radius 2 is 1.75 bits per heavy atom. The quantitative estimate of drug-likeness (QED) is 0.810. The standard InChI is InChI=1S/C17H20BrNO/c1-3-13-7-5-6-8-16(13)20-17-10-9-15(18)11-14(17)12-19-4-2/h5-11,19H,3-4,12H2,1-2H3. The van der Waals surface area contributed by atoms with Crippen molar-refractivity contribution in [1.29, 1.82) is 0 Å². The Bertz CT molecular complexity index is 569. The van der Waals surface area contributed by atoms with Gasteiger partial charge in [0.15, 0.2) is 0 Å². The second-order valence-electron chi connectivity index (χ2n) is 4.60. The second kappa shape index (κ2) is 7.46. The monoisotopic (exact) mass is 333 g/mol. The molecule has 0 unspecified atom stereocenters. The molecule has 106 valence electrons. The highest BCUT2D eigenvalue weighted by molar-refractivity contribution is 9.10. The molecule has 0 spiro atoms. The van der Waals surface area contributed by atoms with Crippen molar-refractivity contribution < 1.29 is 4.74 Å². The molecule has 0 bridgehead atoms. The number of hydrogen-bond donors (Lipinski definition) is 1. The summed E-state index contributed by atoms with van der Waals surface area (Å²) in [7, 11) is 0. The van der Waals surface area contributed by atoms with Gasteiger partial charge in [0.25, 0.3) is 0 Å². The van der Waals surface area contributed by atoms with Crippen LogP contribution in [-0.2, 0) is 13.0 Å². The molecule has 0 aliphatic rings. The van der Waals surface area contributed by atoms with Gasteiger partial charge in [-0.3, -0.25) is 0 Å². The van der Waals surface area contributed by atoms with Crippen molar-refractivity contribution in [3.8, 4) is 11.5 Å². The second-order valence-corrected chi connectivity index (χ2v) is 5.51. The van der Waals surface area contributed by atoms with Gasteiger partial charge in [0.2, 0.25) is 0 Å². The van der Waals surface area contributed by atoms with E-state index in [1.807, 2.05) is 30.3 Å². The predicted octanol–water partition coefficient (Wildman–Crippen LogP) is 4.91. The number of rotatable bonds is 6. The number of nitrogens with one attached hydrogen (secondary N) is 1. The molecule has 20 heavy (non-hydrogen) atoms. The number of benzene rings is 2. The molecule has 2 aromatic rings. The lowest BCUT2D eigenvalue weighted by molar-refractivity contribution is 0.467. The molecule has 2 aromatic carbocycles. The van der Waals surface area contributed by atoms with E-state index in [-0.39, 0.29) is 0 Å². The molecule has 2 nitrogen and oxygen atoms in total. The highest BCUT2D eigenvalue weighted by Crippen LogP contribution is 2.30. The molecule has 0 aromatic heterocycles. The smallest absolute Gasteiger partial charge is 0.132 e. The van der Waals surface area contributed by atoms with Crippen LogP contribution in [0.15, 0.2) is 46.9 Å². The fourth-order valence-electron chi connectivity index (χ4n) is 2.06.